The van der Waals surface area contributed by atoms with E-state index in [2.05, 4.69) is 5.32 Å². The Morgan fingerprint density at radius 2 is 1.74 bits per heavy atom. The minimum absolute atomic E-state index is 0.134. The standard InChI is InChI=1S/C21H14N2O4/c24-19-17(11-4-8-15-9-5-13-27-15)20(25)23(21(26)22-19)18-12-3-7-14-6-1-2-10-16(14)18/h1-13H,(H,22,24,26)/b8-4+,17-11-. The number of anilines is 1. The first kappa shape index (κ1) is 16.5. The van der Waals surface area contributed by atoms with Gasteiger partial charge in [-0.25, -0.2) is 9.69 Å². The smallest absolute Gasteiger partial charge is 0.335 e. The summed E-state index contributed by atoms with van der Waals surface area (Å²) in [6.07, 6.45) is 6.03. The number of benzene rings is 2. The zero-order valence-electron chi connectivity index (χ0n) is 14.1. The minimum Gasteiger partial charge on any atom is -0.465 e. The summed E-state index contributed by atoms with van der Waals surface area (Å²) in [4.78, 5) is 38.4. The summed E-state index contributed by atoms with van der Waals surface area (Å²) in [7, 11) is 0. The molecule has 1 aliphatic heterocycles. The van der Waals surface area contributed by atoms with Crippen molar-refractivity contribution in [1.82, 2.24) is 5.32 Å². The second-order valence-electron chi connectivity index (χ2n) is 5.85. The minimum atomic E-state index is -0.770. The van der Waals surface area contributed by atoms with Crippen LogP contribution >= 0.6 is 0 Å². The number of urea groups is 1. The molecule has 0 bridgehead atoms. The van der Waals surface area contributed by atoms with Gasteiger partial charge in [-0.2, -0.15) is 0 Å². The van der Waals surface area contributed by atoms with Crippen LogP contribution < -0.4 is 10.2 Å². The third-order valence-corrected chi connectivity index (χ3v) is 4.18. The van der Waals surface area contributed by atoms with Crippen LogP contribution in [-0.2, 0) is 9.59 Å². The number of imide groups is 2. The SMILES string of the molecule is O=C1NC(=O)N(c2cccc3ccccc23)C(=O)/C1=C\C=C\c1ccco1. The first-order valence-electron chi connectivity index (χ1n) is 8.24. The maximum atomic E-state index is 12.9. The predicted octanol–water partition coefficient (Wildman–Crippen LogP) is 3.66. The van der Waals surface area contributed by atoms with E-state index in [0.29, 0.717) is 11.4 Å². The van der Waals surface area contributed by atoms with Crippen LogP contribution in [0.15, 0.2) is 83.0 Å². The molecule has 0 unspecified atom stereocenters. The van der Waals surface area contributed by atoms with Crippen molar-refractivity contribution >= 4 is 40.4 Å². The fourth-order valence-electron chi connectivity index (χ4n) is 2.92. The number of hydrogen-bond donors (Lipinski definition) is 1. The molecule has 0 atom stereocenters. The number of carbonyl (C=O) groups excluding carboxylic acids is 3. The zero-order chi connectivity index (χ0) is 18.8. The Labute approximate surface area is 154 Å². The van der Waals surface area contributed by atoms with E-state index in [1.165, 1.54) is 18.4 Å². The number of hydrogen-bond acceptors (Lipinski definition) is 4. The molecule has 6 nitrogen and oxygen atoms in total. The van der Waals surface area contributed by atoms with Crippen molar-refractivity contribution in [2.75, 3.05) is 4.90 Å². The highest BCUT2D eigenvalue weighted by atomic mass is 16.3. The molecule has 1 aliphatic rings. The largest absolute Gasteiger partial charge is 0.465 e. The van der Waals surface area contributed by atoms with E-state index in [-0.39, 0.29) is 5.57 Å². The van der Waals surface area contributed by atoms with Gasteiger partial charge in [-0.15, -0.1) is 0 Å². The molecule has 27 heavy (non-hydrogen) atoms. The van der Waals surface area contributed by atoms with Crippen molar-refractivity contribution in [2.24, 2.45) is 0 Å². The number of nitrogens with one attached hydrogen (secondary N) is 1. The van der Waals surface area contributed by atoms with Gasteiger partial charge in [-0.1, -0.05) is 42.5 Å². The Morgan fingerprint density at radius 3 is 2.56 bits per heavy atom. The van der Waals surface area contributed by atoms with Crippen molar-refractivity contribution in [2.45, 2.75) is 0 Å². The number of carbonyl (C=O) groups is 3. The van der Waals surface area contributed by atoms with Gasteiger partial charge >= 0.3 is 6.03 Å². The molecule has 6 heteroatoms. The van der Waals surface area contributed by atoms with Crippen molar-refractivity contribution in [3.05, 3.63) is 84.3 Å². The molecule has 4 amide bonds. The van der Waals surface area contributed by atoms with Gasteiger partial charge in [0.15, 0.2) is 0 Å². The van der Waals surface area contributed by atoms with Crippen LogP contribution in [0.5, 0.6) is 0 Å². The van der Waals surface area contributed by atoms with E-state index < -0.39 is 17.8 Å². The monoisotopic (exact) mass is 358 g/mol. The number of furan rings is 1. The Kier molecular flexibility index (Phi) is 4.14. The zero-order valence-corrected chi connectivity index (χ0v) is 14.1. The van der Waals surface area contributed by atoms with Gasteiger partial charge in [-0.3, -0.25) is 14.9 Å². The van der Waals surface area contributed by atoms with E-state index >= 15 is 0 Å². The molecule has 0 spiro atoms. The molecular weight excluding hydrogens is 344 g/mol. The van der Waals surface area contributed by atoms with Gasteiger partial charge in [-0.05, 0) is 35.7 Å². The summed E-state index contributed by atoms with van der Waals surface area (Å²) in [6.45, 7) is 0. The number of fused-ring (bicyclic) bond motifs is 1. The molecule has 1 saturated heterocycles. The number of barbiturate groups is 1. The first-order valence-corrected chi connectivity index (χ1v) is 8.24. The van der Waals surface area contributed by atoms with E-state index in [4.69, 9.17) is 4.42 Å². The molecule has 2 aromatic carbocycles. The van der Waals surface area contributed by atoms with Crippen LogP contribution in [0.4, 0.5) is 10.5 Å². The summed E-state index contributed by atoms with van der Waals surface area (Å²) >= 11 is 0. The fourth-order valence-corrected chi connectivity index (χ4v) is 2.92. The molecule has 0 saturated carbocycles. The van der Waals surface area contributed by atoms with Crippen molar-refractivity contribution in [3.8, 4) is 0 Å². The van der Waals surface area contributed by atoms with Crippen LogP contribution in [0.1, 0.15) is 5.76 Å². The van der Waals surface area contributed by atoms with Crippen LogP contribution in [0.2, 0.25) is 0 Å². The lowest BCUT2D eigenvalue weighted by Gasteiger charge is -2.27. The number of rotatable bonds is 3. The molecule has 132 valence electrons. The molecule has 1 fully saturated rings. The van der Waals surface area contributed by atoms with Crippen LogP contribution in [-0.4, -0.2) is 17.8 Å². The Morgan fingerprint density at radius 1 is 0.926 bits per heavy atom. The quantitative estimate of drug-likeness (QED) is 0.572. The molecule has 2 heterocycles. The maximum absolute atomic E-state index is 12.9. The Hall–Kier alpha value is -3.93. The normalized spacial score (nSPS) is 16.5. The van der Waals surface area contributed by atoms with Crippen molar-refractivity contribution < 1.29 is 18.8 Å². The molecule has 0 radical (unpaired) electrons. The predicted molar refractivity (Wildman–Crippen MR) is 101 cm³/mol. The maximum Gasteiger partial charge on any atom is 0.335 e. The Bertz CT molecular complexity index is 1100. The molecule has 4 rings (SSSR count). The molecule has 1 aromatic heterocycles. The second-order valence-corrected chi connectivity index (χ2v) is 5.85. The van der Waals surface area contributed by atoms with Gasteiger partial charge in [0.1, 0.15) is 11.3 Å². The lowest BCUT2D eigenvalue weighted by molar-refractivity contribution is -0.122. The Balaban J connectivity index is 1.74. The molecule has 0 aliphatic carbocycles. The topological polar surface area (TPSA) is 79.6 Å². The van der Waals surface area contributed by atoms with Gasteiger partial charge in [0.05, 0.1) is 12.0 Å². The van der Waals surface area contributed by atoms with Crippen LogP contribution in [0, 0.1) is 0 Å². The molecule has 3 aromatic rings. The highest BCUT2D eigenvalue weighted by Gasteiger charge is 2.37. The summed E-state index contributed by atoms with van der Waals surface area (Å²) in [5, 5.41) is 3.84. The van der Waals surface area contributed by atoms with E-state index in [0.717, 1.165) is 15.7 Å². The third kappa shape index (κ3) is 3.04. The number of allylic oxidation sites excluding steroid dienone is 2. The first-order chi connectivity index (χ1) is 13.1. The number of amides is 4. The summed E-state index contributed by atoms with van der Waals surface area (Å²) in [5.41, 5.74) is 0.286. The summed E-state index contributed by atoms with van der Waals surface area (Å²) < 4.78 is 5.17. The average Bonchev–Trinajstić information content (AvgIpc) is 3.18. The lowest BCUT2D eigenvalue weighted by Crippen LogP contribution is -2.54. The number of nitrogens with zero attached hydrogens (tertiary/aromatic N) is 1. The van der Waals surface area contributed by atoms with Crippen molar-refractivity contribution in [1.29, 1.82) is 0 Å². The van der Waals surface area contributed by atoms with Crippen LogP contribution in [0.3, 0.4) is 0 Å². The van der Waals surface area contributed by atoms with Crippen molar-refractivity contribution in [3.63, 3.8) is 0 Å². The van der Waals surface area contributed by atoms with Gasteiger partial charge in [0.25, 0.3) is 11.8 Å². The third-order valence-electron chi connectivity index (χ3n) is 4.18. The van der Waals surface area contributed by atoms with Crippen LogP contribution in [0.25, 0.3) is 16.8 Å². The highest BCUT2D eigenvalue weighted by molar-refractivity contribution is 6.38. The fraction of sp³-hybridized carbons (Fsp3) is 0. The lowest BCUT2D eigenvalue weighted by atomic mass is 10.1. The summed E-state index contributed by atoms with van der Waals surface area (Å²) in [6, 6.07) is 15.4. The van der Waals surface area contributed by atoms with Gasteiger partial charge in [0.2, 0.25) is 0 Å². The summed E-state index contributed by atoms with van der Waals surface area (Å²) in [5.74, 6) is -0.827. The van der Waals surface area contributed by atoms with E-state index in [9.17, 15) is 14.4 Å². The molecular formula is C21H14N2O4. The van der Waals surface area contributed by atoms with E-state index in [1.807, 2.05) is 30.3 Å². The van der Waals surface area contributed by atoms with Gasteiger partial charge < -0.3 is 4.42 Å². The average molecular weight is 358 g/mol. The highest BCUT2D eigenvalue weighted by Crippen LogP contribution is 2.29. The van der Waals surface area contributed by atoms with E-state index in [1.54, 1.807) is 30.3 Å². The van der Waals surface area contributed by atoms with Gasteiger partial charge in [0, 0.05) is 5.39 Å². The second kappa shape index (κ2) is 6.76. The molecule has 1 N–H and O–H groups in total.